The zero-order valence-electron chi connectivity index (χ0n) is 18.7. The SMILES string of the molecule is Cc1c(-c2ccc(C(F)(F)F)cc2)c(C(=O)N2CCOCC2)n(Cc2ccccc2)c1C(F)(F)F. The van der Waals surface area contributed by atoms with Crippen LogP contribution >= 0.6 is 0 Å². The van der Waals surface area contributed by atoms with Gasteiger partial charge in [-0.25, -0.2) is 0 Å². The molecule has 1 aromatic heterocycles. The van der Waals surface area contributed by atoms with Gasteiger partial charge in [0.05, 0.1) is 18.8 Å². The molecule has 2 heterocycles. The van der Waals surface area contributed by atoms with E-state index in [1.54, 1.807) is 30.3 Å². The van der Waals surface area contributed by atoms with Crippen molar-refractivity contribution in [2.45, 2.75) is 25.8 Å². The smallest absolute Gasteiger partial charge is 0.378 e. The minimum Gasteiger partial charge on any atom is -0.378 e. The van der Waals surface area contributed by atoms with E-state index in [-0.39, 0.29) is 55.2 Å². The number of hydrogen-bond donors (Lipinski definition) is 0. The first-order valence-corrected chi connectivity index (χ1v) is 10.9. The fraction of sp³-hybridized carbons (Fsp3) is 0.320. The zero-order chi connectivity index (χ0) is 25.4. The van der Waals surface area contributed by atoms with Crippen molar-refractivity contribution >= 4 is 5.91 Å². The van der Waals surface area contributed by atoms with Crippen molar-refractivity contribution < 1.29 is 35.9 Å². The molecule has 1 amide bonds. The number of benzene rings is 2. The summed E-state index contributed by atoms with van der Waals surface area (Å²) in [7, 11) is 0. The monoisotopic (exact) mass is 496 g/mol. The number of aromatic nitrogens is 1. The highest BCUT2D eigenvalue weighted by Gasteiger charge is 2.42. The number of hydrogen-bond acceptors (Lipinski definition) is 2. The van der Waals surface area contributed by atoms with Crippen molar-refractivity contribution in [1.29, 1.82) is 0 Å². The number of amides is 1. The van der Waals surface area contributed by atoms with E-state index in [2.05, 4.69) is 0 Å². The molecule has 4 nitrogen and oxygen atoms in total. The highest BCUT2D eigenvalue weighted by atomic mass is 19.4. The Morgan fingerprint density at radius 2 is 1.49 bits per heavy atom. The third-order valence-electron chi connectivity index (χ3n) is 5.96. The minimum atomic E-state index is -4.80. The van der Waals surface area contributed by atoms with Crippen LogP contribution in [0.5, 0.6) is 0 Å². The second-order valence-electron chi connectivity index (χ2n) is 8.25. The normalized spacial score (nSPS) is 14.9. The van der Waals surface area contributed by atoms with Gasteiger partial charge in [0.2, 0.25) is 0 Å². The summed E-state index contributed by atoms with van der Waals surface area (Å²) in [6, 6.07) is 12.2. The summed E-state index contributed by atoms with van der Waals surface area (Å²) in [6.07, 6.45) is -9.40. The molecule has 35 heavy (non-hydrogen) atoms. The average Bonchev–Trinajstić information content (AvgIpc) is 3.11. The Hall–Kier alpha value is -3.27. The fourth-order valence-corrected chi connectivity index (χ4v) is 4.35. The third-order valence-corrected chi connectivity index (χ3v) is 5.96. The molecule has 3 aromatic rings. The molecule has 0 spiro atoms. The van der Waals surface area contributed by atoms with E-state index in [4.69, 9.17) is 4.74 Å². The van der Waals surface area contributed by atoms with E-state index in [0.29, 0.717) is 5.56 Å². The van der Waals surface area contributed by atoms with E-state index in [1.165, 1.54) is 11.8 Å². The number of halogens is 6. The molecular weight excluding hydrogens is 474 g/mol. The summed E-state index contributed by atoms with van der Waals surface area (Å²) in [5, 5.41) is 0. The molecule has 0 atom stereocenters. The molecule has 0 N–H and O–H groups in total. The number of carbonyl (C=O) groups is 1. The van der Waals surface area contributed by atoms with Gasteiger partial charge in [0.15, 0.2) is 0 Å². The molecule has 186 valence electrons. The lowest BCUT2D eigenvalue weighted by atomic mass is 9.98. The Morgan fingerprint density at radius 3 is 2.03 bits per heavy atom. The van der Waals surface area contributed by atoms with Crippen molar-refractivity contribution in [3.63, 3.8) is 0 Å². The van der Waals surface area contributed by atoms with Crippen LogP contribution in [0.4, 0.5) is 26.3 Å². The Bertz CT molecular complexity index is 1190. The molecule has 1 aliphatic heterocycles. The van der Waals surface area contributed by atoms with E-state index >= 15 is 0 Å². The van der Waals surface area contributed by atoms with Gasteiger partial charge in [-0.15, -0.1) is 0 Å². The lowest BCUT2D eigenvalue weighted by Crippen LogP contribution is -2.41. The van der Waals surface area contributed by atoms with Crippen molar-refractivity contribution in [2.24, 2.45) is 0 Å². The van der Waals surface area contributed by atoms with Gasteiger partial charge in [0.1, 0.15) is 11.4 Å². The first kappa shape index (κ1) is 24.8. The molecule has 4 rings (SSSR count). The number of carbonyl (C=O) groups excluding carboxylic acids is 1. The van der Waals surface area contributed by atoms with Crippen LogP contribution in [0.1, 0.15) is 32.9 Å². The number of morpholine rings is 1. The Morgan fingerprint density at radius 1 is 0.886 bits per heavy atom. The van der Waals surface area contributed by atoms with Gasteiger partial charge in [-0.3, -0.25) is 4.79 Å². The second-order valence-corrected chi connectivity index (χ2v) is 8.25. The zero-order valence-corrected chi connectivity index (χ0v) is 18.7. The van der Waals surface area contributed by atoms with Gasteiger partial charge >= 0.3 is 12.4 Å². The largest absolute Gasteiger partial charge is 0.431 e. The Kier molecular flexibility index (Phi) is 6.68. The predicted octanol–water partition coefficient (Wildman–Crippen LogP) is 6.02. The molecule has 0 bridgehead atoms. The van der Waals surface area contributed by atoms with Crippen molar-refractivity contribution in [1.82, 2.24) is 9.47 Å². The first-order valence-electron chi connectivity index (χ1n) is 10.9. The molecule has 0 unspecified atom stereocenters. The molecule has 1 saturated heterocycles. The van der Waals surface area contributed by atoms with Crippen molar-refractivity contribution in [2.75, 3.05) is 26.3 Å². The third kappa shape index (κ3) is 5.07. The Labute approximate surface area is 197 Å². The highest BCUT2D eigenvalue weighted by Crippen LogP contribution is 2.42. The summed E-state index contributed by atoms with van der Waals surface area (Å²) in [6.45, 7) is 1.89. The van der Waals surface area contributed by atoms with Gasteiger partial charge in [0, 0.05) is 25.2 Å². The van der Waals surface area contributed by atoms with Crippen LogP contribution in [-0.2, 0) is 23.6 Å². The number of alkyl halides is 6. The quantitative estimate of drug-likeness (QED) is 0.414. The topological polar surface area (TPSA) is 34.5 Å². The molecule has 0 aliphatic carbocycles. The van der Waals surface area contributed by atoms with Gasteiger partial charge in [0.25, 0.3) is 5.91 Å². The minimum absolute atomic E-state index is 0.0292. The molecule has 1 aliphatic rings. The molecule has 1 fully saturated rings. The van der Waals surface area contributed by atoms with Gasteiger partial charge in [-0.1, -0.05) is 42.5 Å². The summed E-state index contributed by atoms with van der Waals surface area (Å²) < 4.78 is 88.5. The lowest BCUT2D eigenvalue weighted by molar-refractivity contribution is -0.143. The molecule has 10 heteroatoms. The molecule has 0 radical (unpaired) electrons. The van der Waals surface area contributed by atoms with Crippen LogP contribution in [0.3, 0.4) is 0 Å². The maximum Gasteiger partial charge on any atom is 0.431 e. The highest BCUT2D eigenvalue weighted by molar-refractivity contribution is 6.01. The van der Waals surface area contributed by atoms with Crippen LogP contribution in [0.2, 0.25) is 0 Å². The number of rotatable bonds is 4. The van der Waals surface area contributed by atoms with Crippen molar-refractivity contribution in [3.05, 3.63) is 82.7 Å². The summed E-state index contributed by atoms with van der Waals surface area (Å²) in [5.41, 5.74) is -1.75. The molecule has 0 saturated carbocycles. The lowest BCUT2D eigenvalue weighted by Gasteiger charge is -2.28. The maximum absolute atomic E-state index is 14.3. The van der Waals surface area contributed by atoms with E-state index < -0.39 is 29.5 Å². The van der Waals surface area contributed by atoms with Crippen LogP contribution in [0, 0.1) is 6.92 Å². The summed E-state index contributed by atoms with van der Waals surface area (Å²) in [4.78, 5) is 15.0. The second kappa shape index (κ2) is 9.41. The Balaban J connectivity index is 1.96. The van der Waals surface area contributed by atoms with Crippen LogP contribution in [0.15, 0.2) is 54.6 Å². The predicted molar refractivity (Wildman–Crippen MR) is 117 cm³/mol. The maximum atomic E-state index is 14.3. The summed E-state index contributed by atoms with van der Waals surface area (Å²) in [5.74, 6) is -0.627. The van der Waals surface area contributed by atoms with E-state index in [1.807, 2.05) is 0 Å². The average molecular weight is 496 g/mol. The summed E-state index contributed by atoms with van der Waals surface area (Å²) >= 11 is 0. The molecular formula is C25H22F6N2O2. The standard InChI is InChI=1S/C25H22F6N2O2/c1-16-20(18-7-9-19(10-8-18)24(26,27)28)21(23(34)32-11-13-35-14-12-32)33(22(16)25(29,30)31)15-17-5-3-2-4-6-17/h2-10H,11-15H2,1H3. The number of ether oxygens (including phenoxy) is 1. The van der Waals surface area contributed by atoms with E-state index in [0.717, 1.165) is 28.8 Å². The first-order chi connectivity index (χ1) is 16.5. The van der Waals surface area contributed by atoms with Gasteiger partial charge in [-0.05, 0) is 35.7 Å². The fourth-order valence-electron chi connectivity index (χ4n) is 4.35. The van der Waals surface area contributed by atoms with Crippen LogP contribution in [-0.4, -0.2) is 41.7 Å². The van der Waals surface area contributed by atoms with Crippen LogP contribution in [0.25, 0.3) is 11.1 Å². The van der Waals surface area contributed by atoms with E-state index in [9.17, 15) is 31.1 Å². The number of nitrogens with zero attached hydrogens (tertiary/aromatic N) is 2. The van der Waals surface area contributed by atoms with Crippen molar-refractivity contribution in [3.8, 4) is 11.1 Å². The van der Waals surface area contributed by atoms with Crippen LogP contribution < -0.4 is 0 Å². The van der Waals surface area contributed by atoms with Gasteiger partial charge < -0.3 is 14.2 Å². The molecule has 2 aromatic carbocycles. The van der Waals surface area contributed by atoms with Gasteiger partial charge in [-0.2, -0.15) is 26.3 Å².